The second-order valence-corrected chi connectivity index (χ2v) is 7.87. The molecule has 26 heavy (non-hydrogen) atoms. The molecule has 1 atom stereocenters. The van der Waals surface area contributed by atoms with E-state index in [1.54, 1.807) is 0 Å². The lowest BCUT2D eigenvalue weighted by Gasteiger charge is -2.33. The van der Waals surface area contributed by atoms with Crippen LogP contribution in [0.4, 0.5) is 0 Å². The molecule has 1 heterocycles. The van der Waals surface area contributed by atoms with Gasteiger partial charge in [0, 0.05) is 24.1 Å². The van der Waals surface area contributed by atoms with Gasteiger partial charge in [0.15, 0.2) is 0 Å². The summed E-state index contributed by atoms with van der Waals surface area (Å²) in [6, 6.07) is 0.302. The zero-order valence-corrected chi connectivity index (χ0v) is 16.4. The van der Waals surface area contributed by atoms with Gasteiger partial charge in [0.2, 0.25) is 5.91 Å². The molecule has 0 saturated heterocycles. The largest absolute Gasteiger partial charge is 0.325 e. The van der Waals surface area contributed by atoms with Crippen LogP contribution in [0, 0.1) is 0 Å². The Morgan fingerprint density at radius 2 is 1.96 bits per heavy atom. The summed E-state index contributed by atoms with van der Waals surface area (Å²) < 4.78 is 0. The Hall–Kier alpha value is -1.64. The normalized spacial score (nSPS) is 21.7. The number of fused-ring (bicyclic) bond motifs is 2. The summed E-state index contributed by atoms with van der Waals surface area (Å²) in [5.74, 6) is 0.182. The molecule has 2 aliphatic carbocycles. The van der Waals surface area contributed by atoms with Crippen molar-refractivity contribution in [3.63, 3.8) is 0 Å². The number of hydrogen-bond donors (Lipinski definition) is 1. The zero-order valence-electron chi connectivity index (χ0n) is 16.4. The number of nitrogens with one attached hydrogen (secondary N) is 1. The smallest absolute Gasteiger partial charge is 0.224 e. The molecular formula is C23H34N2O. The van der Waals surface area contributed by atoms with Crippen LogP contribution in [0.1, 0.15) is 90.4 Å². The van der Waals surface area contributed by atoms with Crippen LogP contribution in [0.25, 0.3) is 0 Å². The van der Waals surface area contributed by atoms with Gasteiger partial charge >= 0.3 is 0 Å². The van der Waals surface area contributed by atoms with Crippen molar-refractivity contribution in [2.24, 2.45) is 4.99 Å². The van der Waals surface area contributed by atoms with Crippen LogP contribution in [0.5, 0.6) is 0 Å². The number of carbonyl (C=O) groups is 1. The van der Waals surface area contributed by atoms with Gasteiger partial charge in [-0.2, -0.15) is 0 Å². The lowest BCUT2D eigenvalue weighted by atomic mass is 9.82. The summed E-state index contributed by atoms with van der Waals surface area (Å²) in [5.41, 5.74) is 4.79. The van der Waals surface area contributed by atoms with E-state index in [0.29, 0.717) is 12.5 Å². The molecule has 1 N–H and O–H groups in total. The number of dihydropyridines is 1. The summed E-state index contributed by atoms with van der Waals surface area (Å²) in [6.45, 7) is 2.25. The first-order chi connectivity index (χ1) is 12.8. The van der Waals surface area contributed by atoms with Gasteiger partial charge < -0.3 is 5.32 Å². The monoisotopic (exact) mass is 354 g/mol. The summed E-state index contributed by atoms with van der Waals surface area (Å²) >= 11 is 0. The molecule has 3 nitrogen and oxygen atoms in total. The molecule has 0 aromatic rings. The van der Waals surface area contributed by atoms with E-state index in [4.69, 9.17) is 4.99 Å². The Morgan fingerprint density at radius 3 is 2.81 bits per heavy atom. The minimum absolute atomic E-state index is 0.182. The van der Waals surface area contributed by atoms with Gasteiger partial charge in [0.1, 0.15) is 0 Å². The average molecular weight is 355 g/mol. The Labute approximate surface area is 158 Å². The number of amides is 1. The molecule has 0 aromatic heterocycles. The quantitative estimate of drug-likeness (QED) is 0.524. The number of rotatable bonds is 9. The Bertz CT molecular complexity index is 624. The van der Waals surface area contributed by atoms with Crippen molar-refractivity contribution >= 4 is 11.6 Å². The van der Waals surface area contributed by atoms with Crippen LogP contribution in [0.3, 0.4) is 0 Å². The van der Waals surface area contributed by atoms with Gasteiger partial charge in [-0.25, -0.2) is 0 Å². The van der Waals surface area contributed by atoms with Crippen molar-refractivity contribution in [2.75, 3.05) is 0 Å². The van der Waals surface area contributed by atoms with E-state index in [1.807, 2.05) is 0 Å². The third-order valence-electron chi connectivity index (χ3n) is 5.77. The van der Waals surface area contributed by atoms with E-state index < -0.39 is 0 Å². The highest BCUT2D eigenvalue weighted by molar-refractivity contribution is 6.07. The molecule has 3 rings (SSSR count). The maximum atomic E-state index is 12.6. The molecule has 3 heteroatoms. The first kappa shape index (κ1) is 19.1. The molecule has 142 valence electrons. The fourth-order valence-corrected chi connectivity index (χ4v) is 4.28. The fraction of sp³-hybridized carbons (Fsp3) is 0.652. The highest BCUT2D eigenvalue weighted by Crippen LogP contribution is 2.36. The third-order valence-corrected chi connectivity index (χ3v) is 5.77. The predicted molar refractivity (Wildman–Crippen MR) is 109 cm³/mol. The van der Waals surface area contributed by atoms with Crippen molar-refractivity contribution in [3.8, 4) is 0 Å². The molecule has 0 bridgehead atoms. The lowest BCUT2D eigenvalue weighted by molar-refractivity contribution is -0.120. The zero-order chi connectivity index (χ0) is 18.2. The van der Waals surface area contributed by atoms with Crippen LogP contribution in [0.15, 0.2) is 40.1 Å². The van der Waals surface area contributed by atoms with E-state index in [-0.39, 0.29) is 5.91 Å². The van der Waals surface area contributed by atoms with E-state index in [9.17, 15) is 4.79 Å². The first-order valence-corrected chi connectivity index (χ1v) is 10.8. The van der Waals surface area contributed by atoms with E-state index in [0.717, 1.165) is 42.7 Å². The van der Waals surface area contributed by atoms with Crippen LogP contribution < -0.4 is 5.32 Å². The van der Waals surface area contributed by atoms with Crippen molar-refractivity contribution < 1.29 is 4.79 Å². The molecule has 1 saturated carbocycles. The molecule has 0 radical (unpaired) electrons. The van der Waals surface area contributed by atoms with E-state index in [2.05, 4.69) is 30.5 Å². The second-order valence-electron chi connectivity index (χ2n) is 7.87. The summed E-state index contributed by atoms with van der Waals surface area (Å²) in [4.78, 5) is 17.5. The molecule has 1 unspecified atom stereocenters. The fourth-order valence-electron chi connectivity index (χ4n) is 4.28. The van der Waals surface area contributed by atoms with Gasteiger partial charge in [-0.05, 0) is 31.3 Å². The van der Waals surface area contributed by atoms with Crippen molar-refractivity contribution in [1.29, 1.82) is 0 Å². The molecule has 0 spiro atoms. The lowest BCUT2D eigenvalue weighted by Crippen LogP contribution is -2.34. The van der Waals surface area contributed by atoms with Gasteiger partial charge in [-0.15, -0.1) is 0 Å². The summed E-state index contributed by atoms with van der Waals surface area (Å²) in [5, 5.41) is 3.29. The number of nitrogens with zero attached hydrogens (tertiary/aromatic N) is 1. The first-order valence-electron chi connectivity index (χ1n) is 10.8. The average Bonchev–Trinajstić information content (AvgIpc) is 2.67. The minimum atomic E-state index is 0.182. The Kier molecular flexibility index (Phi) is 7.28. The standard InChI is InChI=1S/C23H34N2O/c1-2-3-4-5-6-7-8-17-22(26)25-23-18-13-9-11-15-20(18)24-21-16-12-10-14-19(21)23/h9,11,13,21H,2-8,10,12,14-17H2,1H3,(H,25,26). The highest BCUT2D eigenvalue weighted by Gasteiger charge is 2.30. The van der Waals surface area contributed by atoms with Gasteiger partial charge in [-0.1, -0.05) is 70.1 Å². The van der Waals surface area contributed by atoms with Crippen molar-refractivity contribution in [1.82, 2.24) is 5.32 Å². The third kappa shape index (κ3) is 4.96. The van der Waals surface area contributed by atoms with Gasteiger partial charge in [-0.3, -0.25) is 9.79 Å². The number of aliphatic imine (C=N–C) groups is 1. The molecule has 1 fully saturated rings. The predicted octanol–water partition coefficient (Wildman–Crippen LogP) is 5.78. The van der Waals surface area contributed by atoms with Gasteiger partial charge in [0.05, 0.1) is 11.7 Å². The van der Waals surface area contributed by atoms with Crippen LogP contribution >= 0.6 is 0 Å². The molecule has 0 aromatic carbocycles. The maximum Gasteiger partial charge on any atom is 0.224 e. The molecule has 1 amide bonds. The highest BCUT2D eigenvalue weighted by atomic mass is 16.1. The number of carbonyl (C=O) groups excluding carboxylic acids is 1. The molecular weight excluding hydrogens is 320 g/mol. The van der Waals surface area contributed by atoms with Gasteiger partial charge in [0.25, 0.3) is 0 Å². The topological polar surface area (TPSA) is 41.5 Å². The number of hydrogen-bond acceptors (Lipinski definition) is 2. The Morgan fingerprint density at radius 1 is 1.15 bits per heavy atom. The van der Waals surface area contributed by atoms with Crippen LogP contribution in [-0.4, -0.2) is 17.7 Å². The summed E-state index contributed by atoms with van der Waals surface area (Å²) in [6.07, 6.45) is 21.3. The number of allylic oxidation sites excluding steroid dienone is 4. The van der Waals surface area contributed by atoms with Crippen LogP contribution in [0.2, 0.25) is 0 Å². The maximum absolute atomic E-state index is 12.6. The van der Waals surface area contributed by atoms with E-state index >= 15 is 0 Å². The SMILES string of the molecule is CCCCCCCCCC(=O)NC1=C2CCCCC2N=C2CC=CC=C21. The molecule has 3 aliphatic rings. The van der Waals surface area contributed by atoms with Crippen molar-refractivity contribution in [3.05, 3.63) is 35.1 Å². The second kappa shape index (κ2) is 9.89. The van der Waals surface area contributed by atoms with Crippen molar-refractivity contribution in [2.45, 2.75) is 96.4 Å². The summed E-state index contributed by atoms with van der Waals surface area (Å²) in [7, 11) is 0. The minimum Gasteiger partial charge on any atom is -0.325 e. The molecule has 1 aliphatic heterocycles. The van der Waals surface area contributed by atoms with Crippen LogP contribution in [-0.2, 0) is 4.79 Å². The Balaban J connectivity index is 1.54. The van der Waals surface area contributed by atoms with E-state index in [1.165, 1.54) is 56.9 Å². The number of unbranched alkanes of at least 4 members (excludes halogenated alkanes) is 6.